The summed E-state index contributed by atoms with van der Waals surface area (Å²) in [5, 5.41) is 5.24. The van der Waals surface area contributed by atoms with Crippen LogP contribution >= 0.6 is 11.3 Å². The van der Waals surface area contributed by atoms with Crippen LogP contribution in [0.2, 0.25) is 0 Å². The van der Waals surface area contributed by atoms with Gasteiger partial charge in [-0.2, -0.15) is 5.10 Å². The third-order valence-electron chi connectivity index (χ3n) is 3.60. The average Bonchev–Trinajstić information content (AvgIpc) is 2.88. The molecule has 2 aromatic heterocycles. The summed E-state index contributed by atoms with van der Waals surface area (Å²) < 4.78 is 7.25. The molecule has 20 heavy (non-hydrogen) atoms. The Kier molecular flexibility index (Phi) is 3.18. The Labute approximate surface area is 121 Å². The first-order chi connectivity index (χ1) is 9.49. The third kappa shape index (κ3) is 1.97. The van der Waals surface area contributed by atoms with Gasteiger partial charge in [0.25, 0.3) is 5.91 Å². The molecule has 1 saturated heterocycles. The maximum absolute atomic E-state index is 12.6. The van der Waals surface area contributed by atoms with Crippen molar-refractivity contribution < 1.29 is 9.53 Å². The van der Waals surface area contributed by atoms with E-state index in [0.29, 0.717) is 30.3 Å². The van der Waals surface area contributed by atoms with Crippen LogP contribution in [0.4, 0.5) is 5.69 Å². The molecule has 0 radical (unpaired) electrons. The van der Waals surface area contributed by atoms with E-state index >= 15 is 0 Å². The number of nitrogens with two attached hydrogens (primary N) is 1. The number of anilines is 1. The Morgan fingerprint density at radius 2 is 2.30 bits per heavy atom. The van der Waals surface area contributed by atoms with E-state index in [0.717, 1.165) is 15.9 Å². The van der Waals surface area contributed by atoms with Crippen molar-refractivity contribution in [1.29, 1.82) is 0 Å². The lowest BCUT2D eigenvalue weighted by molar-refractivity contribution is -0.0122. The minimum atomic E-state index is -0.00162. The van der Waals surface area contributed by atoms with Gasteiger partial charge in [0.05, 0.1) is 29.5 Å². The molecule has 0 spiro atoms. The van der Waals surface area contributed by atoms with Gasteiger partial charge >= 0.3 is 0 Å². The van der Waals surface area contributed by atoms with Crippen LogP contribution in [0.3, 0.4) is 0 Å². The predicted octanol–water partition coefficient (Wildman–Crippen LogP) is 1.39. The number of aryl methyl sites for hydroxylation is 2. The molecule has 2 aromatic rings. The predicted molar refractivity (Wildman–Crippen MR) is 79.1 cm³/mol. The zero-order chi connectivity index (χ0) is 14.4. The zero-order valence-corrected chi connectivity index (χ0v) is 12.7. The van der Waals surface area contributed by atoms with E-state index in [2.05, 4.69) is 5.10 Å². The first-order valence-corrected chi connectivity index (χ1v) is 7.43. The molecule has 1 unspecified atom stereocenters. The van der Waals surface area contributed by atoms with Gasteiger partial charge in [-0.25, -0.2) is 0 Å². The third-order valence-corrected chi connectivity index (χ3v) is 4.87. The molecular formula is C13H18N4O2S. The number of carbonyl (C=O) groups is 1. The molecule has 1 amide bonds. The molecule has 6 nitrogen and oxygen atoms in total. The van der Waals surface area contributed by atoms with Crippen molar-refractivity contribution in [2.24, 2.45) is 7.05 Å². The van der Waals surface area contributed by atoms with Crippen molar-refractivity contribution >= 4 is 33.1 Å². The summed E-state index contributed by atoms with van der Waals surface area (Å²) in [6, 6.07) is 0. The van der Waals surface area contributed by atoms with Gasteiger partial charge in [0.1, 0.15) is 9.71 Å². The second-order valence-electron chi connectivity index (χ2n) is 5.17. The number of hydrogen-bond acceptors (Lipinski definition) is 5. The van der Waals surface area contributed by atoms with E-state index < -0.39 is 0 Å². The summed E-state index contributed by atoms with van der Waals surface area (Å²) in [5.41, 5.74) is 7.60. The number of amides is 1. The Hall–Kier alpha value is -1.60. The van der Waals surface area contributed by atoms with Crippen molar-refractivity contribution in [3.63, 3.8) is 0 Å². The SMILES string of the molecule is Cc1nn(C)c2sc(C(=O)N3CCOC(C)C3)c(N)c12. The van der Waals surface area contributed by atoms with Crippen molar-refractivity contribution in [2.75, 3.05) is 25.4 Å². The standard InChI is InChI=1S/C13H18N4O2S/c1-7-6-17(4-5-19-7)12(18)11-10(14)9-8(2)15-16(3)13(9)20-11/h7H,4-6,14H2,1-3H3. The highest BCUT2D eigenvalue weighted by Crippen LogP contribution is 2.36. The van der Waals surface area contributed by atoms with E-state index in [1.165, 1.54) is 11.3 Å². The van der Waals surface area contributed by atoms with Crippen molar-refractivity contribution in [2.45, 2.75) is 20.0 Å². The monoisotopic (exact) mass is 294 g/mol. The molecular weight excluding hydrogens is 276 g/mol. The number of fused-ring (bicyclic) bond motifs is 1. The molecule has 1 fully saturated rings. The largest absolute Gasteiger partial charge is 0.397 e. The van der Waals surface area contributed by atoms with Crippen LogP contribution < -0.4 is 5.73 Å². The number of thiophene rings is 1. The van der Waals surface area contributed by atoms with Gasteiger partial charge in [-0.05, 0) is 13.8 Å². The second kappa shape index (κ2) is 4.75. The van der Waals surface area contributed by atoms with Crippen LogP contribution in [-0.2, 0) is 11.8 Å². The molecule has 0 aliphatic carbocycles. The van der Waals surface area contributed by atoms with Gasteiger partial charge in [0, 0.05) is 20.1 Å². The van der Waals surface area contributed by atoms with E-state index in [9.17, 15) is 4.79 Å². The minimum absolute atomic E-state index is 0.00162. The number of nitrogen functional groups attached to an aromatic ring is 1. The molecule has 1 atom stereocenters. The van der Waals surface area contributed by atoms with E-state index in [4.69, 9.17) is 10.5 Å². The van der Waals surface area contributed by atoms with E-state index in [1.54, 1.807) is 4.68 Å². The number of ether oxygens (including phenoxy) is 1. The number of rotatable bonds is 1. The second-order valence-corrected chi connectivity index (χ2v) is 6.17. The molecule has 0 saturated carbocycles. The normalized spacial score (nSPS) is 19.8. The molecule has 3 heterocycles. The van der Waals surface area contributed by atoms with Crippen molar-refractivity contribution in [3.8, 4) is 0 Å². The maximum atomic E-state index is 12.6. The van der Waals surface area contributed by atoms with Gasteiger partial charge in [-0.1, -0.05) is 0 Å². The van der Waals surface area contributed by atoms with Crippen LogP contribution in [0, 0.1) is 6.92 Å². The van der Waals surface area contributed by atoms with Crippen LogP contribution in [0.15, 0.2) is 0 Å². The quantitative estimate of drug-likeness (QED) is 0.862. The van der Waals surface area contributed by atoms with Crippen LogP contribution in [0.25, 0.3) is 10.2 Å². The molecule has 3 rings (SSSR count). The van der Waals surface area contributed by atoms with Gasteiger partial charge in [0.2, 0.25) is 0 Å². The summed E-state index contributed by atoms with van der Waals surface area (Å²) in [7, 11) is 1.87. The summed E-state index contributed by atoms with van der Waals surface area (Å²) in [6.07, 6.45) is 0.0757. The van der Waals surface area contributed by atoms with Gasteiger partial charge in [-0.3, -0.25) is 9.48 Å². The first-order valence-electron chi connectivity index (χ1n) is 6.61. The Morgan fingerprint density at radius 3 is 2.95 bits per heavy atom. The Balaban J connectivity index is 1.99. The Bertz CT molecular complexity index is 676. The fraction of sp³-hybridized carbons (Fsp3) is 0.538. The molecule has 0 bridgehead atoms. The van der Waals surface area contributed by atoms with E-state index in [1.807, 2.05) is 25.8 Å². The highest BCUT2D eigenvalue weighted by atomic mass is 32.1. The van der Waals surface area contributed by atoms with E-state index in [-0.39, 0.29) is 12.0 Å². The highest BCUT2D eigenvalue weighted by molar-refractivity contribution is 7.21. The fourth-order valence-corrected chi connectivity index (χ4v) is 3.79. The molecule has 2 N–H and O–H groups in total. The lowest BCUT2D eigenvalue weighted by Gasteiger charge is -2.30. The fourth-order valence-electron chi connectivity index (χ4n) is 2.63. The summed E-state index contributed by atoms with van der Waals surface area (Å²) in [6.45, 7) is 5.70. The first kappa shape index (κ1) is 13.4. The van der Waals surface area contributed by atoms with Gasteiger partial charge < -0.3 is 15.4 Å². The van der Waals surface area contributed by atoms with Crippen LogP contribution in [-0.4, -0.2) is 46.4 Å². The summed E-state index contributed by atoms with van der Waals surface area (Å²) in [4.78, 5) is 16.0. The molecule has 1 aliphatic rings. The van der Waals surface area contributed by atoms with Crippen LogP contribution in [0.5, 0.6) is 0 Å². The average molecular weight is 294 g/mol. The number of hydrogen-bond donors (Lipinski definition) is 1. The smallest absolute Gasteiger partial charge is 0.266 e. The zero-order valence-electron chi connectivity index (χ0n) is 11.8. The molecule has 7 heteroatoms. The molecule has 1 aliphatic heterocycles. The number of nitrogens with zero attached hydrogens (tertiary/aromatic N) is 3. The van der Waals surface area contributed by atoms with Crippen molar-refractivity contribution in [1.82, 2.24) is 14.7 Å². The Morgan fingerprint density at radius 1 is 1.55 bits per heavy atom. The number of morpholine rings is 1. The van der Waals surface area contributed by atoms with Crippen LogP contribution in [0.1, 0.15) is 22.3 Å². The number of aromatic nitrogens is 2. The minimum Gasteiger partial charge on any atom is -0.397 e. The topological polar surface area (TPSA) is 73.4 Å². The molecule has 0 aromatic carbocycles. The van der Waals surface area contributed by atoms with Crippen molar-refractivity contribution in [3.05, 3.63) is 10.6 Å². The van der Waals surface area contributed by atoms with Gasteiger partial charge in [-0.15, -0.1) is 11.3 Å². The number of carbonyl (C=O) groups excluding carboxylic acids is 1. The lowest BCUT2D eigenvalue weighted by Crippen LogP contribution is -2.44. The summed E-state index contributed by atoms with van der Waals surface area (Å²) >= 11 is 1.42. The summed E-state index contributed by atoms with van der Waals surface area (Å²) in [5.74, 6) is -0.00162. The maximum Gasteiger partial charge on any atom is 0.266 e. The highest BCUT2D eigenvalue weighted by Gasteiger charge is 2.27. The lowest BCUT2D eigenvalue weighted by atomic mass is 10.2. The molecule has 108 valence electrons. The van der Waals surface area contributed by atoms with Gasteiger partial charge in [0.15, 0.2) is 0 Å².